The minimum Gasteiger partial charge on any atom is -0.397 e. The zero-order valence-electron chi connectivity index (χ0n) is 19.5. The van der Waals surface area contributed by atoms with Crippen molar-refractivity contribution in [1.82, 2.24) is 19.6 Å². The molecule has 2 aliphatic rings. The molecule has 2 saturated heterocycles. The van der Waals surface area contributed by atoms with E-state index >= 15 is 0 Å². The summed E-state index contributed by atoms with van der Waals surface area (Å²) >= 11 is 0. The van der Waals surface area contributed by atoms with Crippen LogP contribution in [0.5, 0.6) is 0 Å². The van der Waals surface area contributed by atoms with Crippen molar-refractivity contribution in [3.8, 4) is 11.1 Å². The van der Waals surface area contributed by atoms with Crippen LogP contribution in [-0.2, 0) is 13.6 Å². The standard InChI is InChI=1S/C26H31FN6O/c1-31-15-19(14-29-31)16-32-11-2-9-26(17-32)10-12-33(18-26)25(34)30-24-13-21(5-8-23(24)28)20-3-6-22(27)7-4-20/h3-8,13-15H,2,9-12,16-18,28H2,1H3,(H,30,34). The van der Waals surface area contributed by atoms with Gasteiger partial charge >= 0.3 is 6.03 Å². The van der Waals surface area contributed by atoms with Crippen molar-refractivity contribution in [3.63, 3.8) is 0 Å². The van der Waals surface area contributed by atoms with Crippen LogP contribution in [0.2, 0.25) is 0 Å². The first kappa shape index (κ1) is 22.4. The smallest absolute Gasteiger partial charge is 0.321 e. The first-order valence-electron chi connectivity index (χ1n) is 11.8. The number of halogens is 1. The van der Waals surface area contributed by atoms with Crippen molar-refractivity contribution in [2.24, 2.45) is 12.5 Å². The monoisotopic (exact) mass is 462 g/mol. The summed E-state index contributed by atoms with van der Waals surface area (Å²) in [7, 11) is 1.94. The largest absolute Gasteiger partial charge is 0.397 e. The number of nitrogens with two attached hydrogens (primary N) is 1. The molecule has 2 fully saturated rings. The van der Waals surface area contributed by atoms with E-state index in [0.29, 0.717) is 11.4 Å². The Labute approximate surface area is 199 Å². The molecule has 3 aromatic rings. The molecule has 0 bridgehead atoms. The Hall–Kier alpha value is -3.39. The van der Waals surface area contributed by atoms with Crippen LogP contribution in [0, 0.1) is 11.2 Å². The Morgan fingerprint density at radius 1 is 1.12 bits per heavy atom. The van der Waals surface area contributed by atoms with Crippen molar-refractivity contribution < 1.29 is 9.18 Å². The first-order chi connectivity index (χ1) is 16.4. The van der Waals surface area contributed by atoms with Crippen molar-refractivity contribution in [3.05, 3.63) is 66.2 Å². The molecule has 3 heterocycles. The molecule has 2 aliphatic heterocycles. The number of likely N-dealkylation sites (tertiary alicyclic amines) is 2. The molecule has 3 N–H and O–H groups in total. The molecule has 0 radical (unpaired) electrons. The van der Waals surface area contributed by atoms with Crippen molar-refractivity contribution >= 4 is 17.4 Å². The van der Waals surface area contributed by atoms with Gasteiger partial charge in [0, 0.05) is 50.4 Å². The van der Waals surface area contributed by atoms with Crippen LogP contribution in [0.4, 0.5) is 20.6 Å². The summed E-state index contributed by atoms with van der Waals surface area (Å²) in [4.78, 5) is 17.6. The van der Waals surface area contributed by atoms with Crippen LogP contribution in [-0.4, -0.2) is 51.8 Å². The Morgan fingerprint density at radius 2 is 1.91 bits per heavy atom. The van der Waals surface area contributed by atoms with E-state index in [4.69, 9.17) is 5.73 Å². The van der Waals surface area contributed by atoms with Crippen LogP contribution in [0.15, 0.2) is 54.9 Å². The third-order valence-electron chi connectivity index (χ3n) is 7.10. The van der Waals surface area contributed by atoms with Gasteiger partial charge in [0.1, 0.15) is 5.82 Å². The minimum absolute atomic E-state index is 0.121. The molecule has 0 saturated carbocycles. The second-order valence-electron chi connectivity index (χ2n) is 9.75. The summed E-state index contributed by atoms with van der Waals surface area (Å²) < 4.78 is 15.1. The van der Waals surface area contributed by atoms with Gasteiger partial charge in [0.15, 0.2) is 0 Å². The maximum Gasteiger partial charge on any atom is 0.321 e. The molecule has 2 aromatic carbocycles. The number of anilines is 2. The molecule has 7 nitrogen and oxygen atoms in total. The van der Waals surface area contributed by atoms with Gasteiger partial charge < -0.3 is 16.0 Å². The predicted molar refractivity (Wildman–Crippen MR) is 132 cm³/mol. The maximum atomic E-state index is 13.3. The zero-order valence-corrected chi connectivity index (χ0v) is 19.5. The second-order valence-corrected chi connectivity index (χ2v) is 9.75. The second kappa shape index (κ2) is 9.10. The topological polar surface area (TPSA) is 79.4 Å². The molecule has 1 aromatic heterocycles. The highest BCUT2D eigenvalue weighted by molar-refractivity contribution is 5.94. The minimum atomic E-state index is -0.280. The van der Waals surface area contributed by atoms with Gasteiger partial charge in [0.05, 0.1) is 17.6 Å². The number of carbonyl (C=O) groups excluding carboxylic acids is 1. The van der Waals surface area contributed by atoms with E-state index in [0.717, 1.165) is 63.1 Å². The first-order valence-corrected chi connectivity index (χ1v) is 11.8. The molecule has 1 atom stereocenters. The van der Waals surface area contributed by atoms with Gasteiger partial charge in [-0.15, -0.1) is 0 Å². The summed E-state index contributed by atoms with van der Waals surface area (Å²) in [5.74, 6) is -0.280. The Bertz CT molecular complexity index is 1180. The molecule has 5 rings (SSSR count). The number of urea groups is 1. The third kappa shape index (κ3) is 4.77. The molecule has 0 aliphatic carbocycles. The molecule has 1 unspecified atom stereocenters. The van der Waals surface area contributed by atoms with Crippen LogP contribution in [0.25, 0.3) is 11.1 Å². The van der Waals surface area contributed by atoms with E-state index in [2.05, 4.69) is 21.5 Å². The fourth-order valence-corrected chi connectivity index (χ4v) is 5.38. The quantitative estimate of drug-likeness (QED) is 0.566. The van der Waals surface area contributed by atoms with Crippen LogP contribution in [0.3, 0.4) is 0 Å². The van der Waals surface area contributed by atoms with Gasteiger partial charge in [-0.25, -0.2) is 9.18 Å². The van der Waals surface area contributed by atoms with E-state index in [1.807, 2.05) is 35.0 Å². The molecule has 178 valence electrons. The third-order valence-corrected chi connectivity index (χ3v) is 7.10. The number of aryl methyl sites for hydroxylation is 1. The number of hydrogen-bond donors (Lipinski definition) is 2. The molecule has 34 heavy (non-hydrogen) atoms. The van der Waals surface area contributed by atoms with E-state index in [1.54, 1.807) is 18.2 Å². The average Bonchev–Trinajstić information content (AvgIpc) is 3.42. The van der Waals surface area contributed by atoms with Crippen LogP contribution >= 0.6 is 0 Å². The van der Waals surface area contributed by atoms with Crippen molar-refractivity contribution in [1.29, 1.82) is 0 Å². The SMILES string of the molecule is Cn1cc(CN2CCCC3(CCN(C(=O)Nc4cc(-c5ccc(F)cc5)ccc4N)C3)C2)cn1. The Kier molecular flexibility index (Phi) is 6.00. The van der Waals surface area contributed by atoms with E-state index < -0.39 is 0 Å². The lowest BCUT2D eigenvalue weighted by Crippen LogP contribution is -2.45. The Balaban J connectivity index is 1.24. The summed E-state index contributed by atoms with van der Waals surface area (Å²) in [6, 6.07) is 11.7. The van der Waals surface area contributed by atoms with Crippen molar-refractivity contribution in [2.75, 3.05) is 37.2 Å². The fourth-order valence-electron chi connectivity index (χ4n) is 5.38. The Morgan fingerprint density at radius 3 is 2.68 bits per heavy atom. The maximum absolute atomic E-state index is 13.3. The number of amides is 2. The fraction of sp³-hybridized carbons (Fsp3) is 0.385. The molecular formula is C26H31FN6O. The lowest BCUT2D eigenvalue weighted by atomic mass is 9.79. The van der Waals surface area contributed by atoms with Gasteiger partial charge in [0.25, 0.3) is 0 Å². The molecule has 8 heteroatoms. The van der Waals surface area contributed by atoms with Crippen molar-refractivity contribution in [2.45, 2.75) is 25.8 Å². The van der Waals surface area contributed by atoms with Gasteiger partial charge in [-0.1, -0.05) is 18.2 Å². The predicted octanol–water partition coefficient (Wildman–Crippen LogP) is 4.33. The molecule has 1 spiro atoms. The summed E-state index contributed by atoms with van der Waals surface area (Å²) in [6.45, 7) is 4.46. The number of aromatic nitrogens is 2. The number of piperidine rings is 1. The number of benzene rings is 2. The lowest BCUT2D eigenvalue weighted by molar-refractivity contribution is 0.0905. The summed E-state index contributed by atoms with van der Waals surface area (Å²) in [6.07, 6.45) is 7.29. The number of rotatable bonds is 4. The number of nitrogen functional groups attached to an aromatic ring is 1. The van der Waals surface area contributed by atoms with Gasteiger partial charge in [0.2, 0.25) is 0 Å². The van der Waals surface area contributed by atoms with Crippen LogP contribution in [0.1, 0.15) is 24.8 Å². The molecular weight excluding hydrogens is 431 g/mol. The van der Waals surface area contributed by atoms with E-state index in [-0.39, 0.29) is 17.3 Å². The summed E-state index contributed by atoms with van der Waals surface area (Å²) in [5, 5.41) is 7.30. The zero-order chi connectivity index (χ0) is 23.7. The summed E-state index contributed by atoms with van der Waals surface area (Å²) in [5.41, 5.74) is 10.4. The highest BCUT2D eigenvalue weighted by atomic mass is 19.1. The van der Waals surface area contributed by atoms with Gasteiger partial charge in [-0.3, -0.25) is 9.58 Å². The average molecular weight is 463 g/mol. The number of nitrogens with one attached hydrogen (secondary N) is 1. The lowest BCUT2D eigenvalue weighted by Gasteiger charge is -2.40. The number of nitrogens with zero attached hydrogens (tertiary/aromatic N) is 4. The van der Waals surface area contributed by atoms with Gasteiger partial charge in [-0.2, -0.15) is 5.10 Å². The highest BCUT2D eigenvalue weighted by Gasteiger charge is 2.42. The van der Waals surface area contributed by atoms with Gasteiger partial charge in [-0.05, 0) is 61.2 Å². The van der Waals surface area contributed by atoms with E-state index in [1.165, 1.54) is 17.7 Å². The normalized spacial score (nSPS) is 20.7. The number of carbonyl (C=O) groups is 1. The molecule has 2 amide bonds. The van der Waals surface area contributed by atoms with E-state index in [9.17, 15) is 9.18 Å². The number of hydrogen-bond acceptors (Lipinski definition) is 4. The highest BCUT2D eigenvalue weighted by Crippen LogP contribution is 2.39. The van der Waals surface area contributed by atoms with Crippen LogP contribution < -0.4 is 11.1 Å².